The average Bonchev–Trinajstić information content (AvgIpc) is 2.92. The number of aromatic nitrogens is 3. The quantitative estimate of drug-likeness (QED) is 0.890. The van der Waals surface area contributed by atoms with Crippen LogP contribution in [-0.4, -0.2) is 20.8 Å². The van der Waals surface area contributed by atoms with E-state index in [0.29, 0.717) is 0 Å². The number of hydrogen-bond acceptors (Lipinski definition) is 3. The Kier molecular flexibility index (Phi) is 5.07. The van der Waals surface area contributed by atoms with Gasteiger partial charge < -0.3 is 5.73 Å². The van der Waals surface area contributed by atoms with E-state index in [2.05, 4.69) is 17.0 Å². The molecule has 2 N–H and O–H groups in total. The maximum absolute atomic E-state index is 13.2. The minimum atomic E-state index is -0.244. The molecule has 1 aromatic heterocycles. The fourth-order valence-corrected chi connectivity index (χ4v) is 2.47. The summed E-state index contributed by atoms with van der Waals surface area (Å²) in [6.45, 7) is 6.13. The molecule has 0 bridgehead atoms. The molecule has 0 aliphatic rings. The highest BCUT2D eigenvalue weighted by atomic mass is 19.1. The zero-order valence-corrected chi connectivity index (χ0v) is 12.9. The SMILES string of the molecule is CCc1nc(CC)n(C(c2ccc(F)cc2)C(N)CC)n1. The Morgan fingerprint density at radius 2 is 1.81 bits per heavy atom. The number of nitrogens with two attached hydrogens (primary N) is 1. The fraction of sp³-hybridized carbons (Fsp3) is 0.500. The average molecular weight is 290 g/mol. The zero-order valence-electron chi connectivity index (χ0n) is 12.9. The lowest BCUT2D eigenvalue weighted by molar-refractivity contribution is 0.409. The summed E-state index contributed by atoms with van der Waals surface area (Å²) in [6.07, 6.45) is 2.39. The van der Waals surface area contributed by atoms with Gasteiger partial charge in [0.05, 0.1) is 6.04 Å². The molecule has 21 heavy (non-hydrogen) atoms. The molecular formula is C16H23FN4. The monoisotopic (exact) mass is 290 g/mol. The van der Waals surface area contributed by atoms with Crippen LogP contribution in [0.5, 0.6) is 0 Å². The summed E-state index contributed by atoms with van der Waals surface area (Å²) in [5.41, 5.74) is 7.28. The van der Waals surface area contributed by atoms with E-state index in [1.54, 1.807) is 12.1 Å². The first kappa shape index (κ1) is 15.6. The molecule has 2 atom stereocenters. The maximum atomic E-state index is 13.2. The Bertz CT molecular complexity index is 576. The second-order valence-corrected chi connectivity index (χ2v) is 5.16. The third kappa shape index (κ3) is 3.29. The van der Waals surface area contributed by atoms with Gasteiger partial charge in [0.25, 0.3) is 0 Å². The largest absolute Gasteiger partial charge is 0.326 e. The van der Waals surface area contributed by atoms with Crippen LogP contribution in [0.25, 0.3) is 0 Å². The van der Waals surface area contributed by atoms with Crippen molar-refractivity contribution in [3.05, 3.63) is 47.3 Å². The summed E-state index contributed by atoms with van der Waals surface area (Å²) < 4.78 is 15.1. The Balaban J connectivity index is 2.49. The van der Waals surface area contributed by atoms with Gasteiger partial charge >= 0.3 is 0 Å². The second-order valence-electron chi connectivity index (χ2n) is 5.16. The van der Waals surface area contributed by atoms with E-state index in [0.717, 1.165) is 36.5 Å². The van der Waals surface area contributed by atoms with Crippen LogP contribution in [0.2, 0.25) is 0 Å². The molecule has 0 spiro atoms. The Morgan fingerprint density at radius 3 is 2.33 bits per heavy atom. The highest BCUT2D eigenvalue weighted by Crippen LogP contribution is 2.24. The maximum Gasteiger partial charge on any atom is 0.150 e. The van der Waals surface area contributed by atoms with Gasteiger partial charge in [0, 0.05) is 18.9 Å². The van der Waals surface area contributed by atoms with Gasteiger partial charge in [-0.15, -0.1) is 0 Å². The second kappa shape index (κ2) is 6.80. The van der Waals surface area contributed by atoms with Crippen molar-refractivity contribution in [1.82, 2.24) is 14.8 Å². The summed E-state index contributed by atoms with van der Waals surface area (Å²) in [5.74, 6) is 1.50. The first-order valence-electron chi connectivity index (χ1n) is 7.55. The topological polar surface area (TPSA) is 56.7 Å². The van der Waals surface area contributed by atoms with Crippen molar-refractivity contribution in [2.75, 3.05) is 0 Å². The van der Waals surface area contributed by atoms with Crippen molar-refractivity contribution in [1.29, 1.82) is 0 Å². The minimum Gasteiger partial charge on any atom is -0.326 e. The van der Waals surface area contributed by atoms with Crippen molar-refractivity contribution in [3.8, 4) is 0 Å². The van der Waals surface area contributed by atoms with Gasteiger partial charge in [-0.3, -0.25) is 0 Å². The normalized spacial score (nSPS) is 14.1. The number of rotatable bonds is 6. The molecular weight excluding hydrogens is 267 g/mol. The molecule has 0 aliphatic carbocycles. The minimum absolute atomic E-state index is 0.0906. The van der Waals surface area contributed by atoms with Gasteiger partial charge in [-0.05, 0) is 24.1 Å². The van der Waals surface area contributed by atoms with Crippen LogP contribution in [0.3, 0.4) is 0 Å². The predicted octanol–water partition coefficient (Wildman–Crippen LogP) is 2.87. The summed E-state index contributed by atoms with van der Waals surface area (Å²) in [4.78, 5) is 4.55. The lowest BCUT2D eigenvalue weighted by Crippen LogP contribution is -2.34. The molecule has 2 unspecified atom stereocenters. The third-order valence-corrected chi connectivity index (χ3v) is 3.73. The van der Waals surface area contributed by atoms with Gasteiger partial charge in [0.2, 0.25) is 0 Å². The van der Waals surface area contributed by atoms with Crippen LogP contribution in [-0.2, 0) is 12.8 Å². The van der Waals surface area contributed by atoms with Crippen LogP contribution in [0.15, 0.2) is 24.3 Å². The number of aryl methyl sites for hydroxylation is 2. The van der Waals surface area contributed by atoms with Crippen molar-refractivity contribution >= 4 is 0 Å². The van der Waals surface area contributed by atoms with E-state index in [4.69, 9.17) is 5.73 Å². The standard InChI is InChI=1S/C16H23FN4/c1-4-13(18)16(11-7-9-12(17)10-8-11)21-15(6-3)19-14(5-2)20-21/h7-10,13,16H,4-6,18H2,1-3H3. The molecule has 5 heteroatoms. The van der Waals surface area contributed by atoms with Gasteiger partial charge in [-0.2, -0.15) is 5.10 Å². The molecule has 0 fully saturated rings. The highest BCUT2D eigenvalue weighted by molar-refractivity contribution is 5.23. The smallest absolute Gasteiger partial charge is 0.150 e. The molecule has 114 valence electrons. The lowest BCUT2D eigenvalue weighted by atomic mass is 9.98. The third-order valence-electron chi connectivity index (χ3n) is 3.73. The lowest BCUT2D eigenvalue weighted by Gasteiger charge is -2.25. The Morgan fingerprint density at radius 1 is 1.14 bits per heavy atom. The number of nitrogens with zero attached hydrogens (tertiary/aromatic N) is 3. The summed E-state index contributed by atoms with van der Waals surface area (Å²) in [6, 6.07) is 6.29. The van der Waals surface area contributed by atoms with Crippen LogP contribution in [0.4, 0.5) is 4.39 Å². The van der Waals surface area contributed by atoms with Gasteiger partial charge in [-0.1, -0.05) is 32.9 Å². The first-order valence-corrected chi connectivity index (χ1v) is 7.55. The van der Waals surface area contributed by atoms with E-state index in [-0.39, 0.29) is 17.9 Å². The van der Waals surface area contributed by atoms with Crippen molar-refractivity contribution < 1.29 is 4.39 Å². The van der Waals surface area contributed by atoms with E-state index < -0.39 is 0 Å². The molecule has 2 rings (SSSR count). The summed E-state index contributed by atoms with van der Waals surface area (Å²) >= 11 is 0. The number of halogens is 1. The zero-order chi connectivity index (χ0) is 15.4. The Hall–Kier alpha value is -1.75. The highest BCUT2D eigenvalue weighted by Gasteiger charge is 2.24. The van der Waals surface area contributed by atoms with Crippen molar-refractivity contribution in [3.63, 3.8) is 0 Å². The molecule has 0 aliphatic heterocycles. The fourth-order valence-electron chi connectivity index (χ4n) is 2.47. The van der Waals surface area contributed by atoms with Crippen LogP contribution < -0.4 is 5.73 Å². The number of hydrogen-bond donors (Lipinski definition) is 1. The first-order chi connectivity index (χ1) is 10.1. The van der Waals surface area contributed by atoms with Crippen molar-refractivity contribution in [2.24, 2.45) is 5.73 Å². The molecule has 0 radical (unpaired) electrons. The Labute approximate surface area is 125 Å². The van der Waals surface area contributed by atoms with Crippen LogP contribution in [0, 0.1) is 5.82 Å². The summed E-state index contributed by atoms with van der Waals surface area (Å²) in [5, 5.41) is 4.60. The van der Waals surface area contributed by atoms with E-state index in [1.807, 2.05) is 18.5 Å². The molecule has 1 heterocycles. The predicted molar refractivity (Wildman–Crippen MR) is 81.6 cm³/mol. The van der Waals surface area contributed by atoms with E-state index >= 15 is 0 Å². The van der Waals surface area contributed by atoms with E-state index in [1.165, 1.54) is 12.1 Å². The number of benzene rings is 1. The molecule has 0 saturated heterocycles. The van der Waals surface area contributed by atoms with Crippen LogP contribution in [0.1, 0.15) is 50.4 Å². The van der Waals surface area contributed by atoms with Gasteiger partial charge in [-0.25, -0.2) is 14.1 Å². The van der Waals surface area contributed by atoms with E-state index in [9.17, 15) is 4.39 Å². The molecule has 1 aromatic carbocycles. The van der Waals surface area contributed by atoms with Crippen LogP contribution >= 0.6 is 0 Å². The van der Waals surface area contributed by atoms with Crippen molar-refractivity contribution in [2.45, 2.75) is 52.1 Å². The summed E-state index contributed by atoms with van der Waals surface area (Å²) in [7, 11) is 0. The molecule has 0 amide bonds. The molecule has 0 saturated carbocycles. The van der Waals surface area contributed by atoms with Gasteiger partial charge in [0.15, 0.2) is 5.82 Å². The molecule has 2 aromatic rings. The van der Waals surface area contributed by atoms with Gasteiger partial charge in [0.1, 0.15) is 11.6 Å². The molecule has 4 nitrogen and oxygen atoms in total.